The molecule has 0 aliphatic carbocycles. The van der Waals surface area contributed by atoms with Crippen LogP contribution >= 0.6 is 0 Å². The molecule has 28 heavy (non-hydrogen) atoms. The van der Waals surface area contributed by atoms with Crippen molar-refractivity contribution in [3.63, 3.8) is 0 Å². The number of rotatable bonds is 12. The van der Waals surface area contributed by atoms with E-state index in [9.17, 15) is 19.5 Å². The number of ether oxygens (including phenoxy) is 3. The van der Waals surface area contributed by atoms with Crippen LogP contribution in [0.2, 0.25) is 0 Å². The lowest BCUT2D eigenvalue weighted by atomic mass is 9.96. The summed E-state index contributed by atoms with van der Waals surface area (Å²) in [4.78, 5) is 34.7. The molecule has 1 N–H and O–H groups in total. The van der Waals surface area contributed by atoms with Crippen LogP contribution < -0.4 is 4.74 Å². The van der Waals surface area contributed by atoms with Crippen molar-refractivity contribution in [2.45, 2.75) is 45.8 Å². The summed E-state index contributed by atoms with van der Waals surface area (Å²) in [7, 11) is 0. The zero-order chi connectivity index (χ0) is 21.1. The van der Waals surface area contributed by atoms with Crippen molar-refractivity contribution >= 4 is 17.7 Å². The van der Waals surface area contributed by atoms with Crippen LogP contribution in [0, 0.1) is 5.92 Å². The van der Waals surface area contributed by atoms with E-state index in [1.54, 1.807) is 31.2 Å². The lowest BCUT2D eigenvalue weighted by Gasteiger charge is -2.24. The minimum absolute atomic E-state index is 0.165. The molecule has 0 fully saturated rings. The predicted octanol–water partition coefficient (Wildman–Crippen LogP) is 2.71. The van der Waals surface area contributed by atoms with Gasteiger partial charge in [-0.3, -0.25) is 4.79 Å². The summed E-state index contributed by atoms with van der Waals surface area (Å²) in [6.07, 6.45) is 0.617. The Morgan fingerprint density at radius 1 is 1.11 bits per heavy atom. The fourth-order valence-electron chi connectivity index (χ4n) is 2.35. The van der Waals surface area contributed by atoms with Gasteiger partial charge in [0, 0.05) is 6.08 Å². The number of hydrogen-bond acceptors (Lipinski definition) is 7. The van der Waals surface area contributed by atoms with E-state index in [0.717, 1.165) is 6.08 Å². The van der Waals surface area contributed by atoms with Crippen LogP contribution in [0.15, 0.2) is 36.9 Å². The molecule has 7 nitrogen and oxygen atoms in total. The molecule has 0 aliphatic rings. The standard InChI is InChI=1S/C21H28O7/c1-5-19(24)27-13-7-6-12-26-18-10-8-17(9-11-18)21(25)28-20(16(4)23)14(2)15(3)22/h5,8-11,14,16,20,23H,1,6-7,12-13H2,2-4H3. The number of ketones is 1. The first kappa shape index (κ1) is 23.4. The maximum Gasteiger partial charge on any atom is 0.338 e. The fraction of sp³-hybridized carbons (Fsp3) is 0.476. The van der Waals surface area contributed by atoms with E-state index in [0.29, 0.717) is 37.4 Å². The monoisotopic (exact) mass is 392 g/mol. The van der Waals surface area contributed by atoms with Crippen LogP contribution in [-0.4, -0.2) is 48.3 Å². The van der Waals surface area contributed by atoms with Crippen molar-refractivity contribution in [1.82, 2.24) is 0 Å². The molecule has 0 aliphatic heterocycles. The van der Waals surface area contributed by atoms with Gasteiger partial charge in [0.25, 0.3) is 0 Å². The zero-order valence-electron chi connectivity index (χ0n) is 16.6. The third-order valence-corrected chi connectivity index (χ3v) is 4.16. The number of aliphatic hydroxyl groups excluding tert-OH is 1. The summed E-state index contributed by atoms with van der Waals surface area (Å²) in [6, 6.07) is 6.39. The summed E-state index contributed by atoms with van der Waals surface area (Å²) in [5.41, 5.74) is 0.296. The quantitative estimate of drug-likeness (QED) is 0.332. The molecule has 0 spiro atoms. The minimum atomic E-state index is -0.962. The van der Waals surface area contributed by atoms with Crippen LogP contribution in [0.5, 0.6) is 5.75 Å². The molecule has 154 valence electrons. The van der Waals surface area contributed by atoms with Gasteiger partial charge in [-0.05, 0) is 51.0 Å². The predicted molar refractivity (Wildman–Crippen MR) is 103 cm³/mol. The Kier molecular flexibility index (Phi) is 9.95. The van der Waals surface area contributed by atoms with E-state index >= 15 is 0 Å². The smallest absolute Gasteiger partial charge is 0.338 e. The minimum Gasteiger partial charge on any atom is -0.494 e. The Morgan fingerprint density at radius 3 is 2.25 bits per heavy atom. The van der Waals surface area contributed by atoms with Gasteiger partial charge in [-0.25, -0.2) is 9.59 Å². The van der Waals surface area contributed by atoms with E-state index in [2.05, 4.69) is 6.58 Å². The second-order valence-electron chi connectivity index (χ2n) is 6.46. The highest BCUT2D eigenvalue weighted by Gasteiger charge is 2.29. The summed E-state index contributed by atoms with van der Waals surface area (Å²) in [6.45, 7) is 8.55. The number of aliphatic hydroxyl groups is 1. The molecule has 0 bridgehead atoms. The van der Waals surface area contributed by atoms with Crippen molar-refractivity contribution < 1.29 is 33.7 Å². The highest BCUT2D eigenvalue weighted by atomic mass is 16.6. The Balaban J connectivity index is 2.48. The summed E-state index contributed by atoms with van der Waals surface area (Å²) in [5.74, 6) is -1.24. The van der Waals surface area contributed by atoms with Crippen LogP contribution in [0.1, 0.15) is 44.0 Å². The largest absolute Gasteiger partial charge is 0.494 e. The molecule has 0 saturated carbocycles. The lowest BCUT2D eigenvalue weighted by molar-refractivity contribution is -0.137. The molecule has 1 aromatic rings. The summed E-state index contributed by atoms with van der Waals surface area (Å²) in [5, 5.41) is 9.79. The van der Waals surface area contributed by atoms with E-state index in [4.69, 9.17) is 14.2 Å². The molecule has 0 amide bonds. The van der Waals surface area contributed by atoms with Crippen molar-refractivity contribution in [2.75, 3.05) is 13.2 Å². The third kappa shape index (κ3) is 7.92. The van der Waals surface area contributed by atoms with E-state index in [1.807, 2.05) is 0 Å². The highest BCUT2D eigenvalue weighted by Crippen LogP contribution is 2.18. The van der Waals surface area contributed by atoms with Crippen LogP contribution in [0.25, 0.3) is 0 Å². The fourth-order valence-corrected chi connectivity index (χ4v) is 2.35. The molecule has 0 aromatic heterocycles. The van der Waals surface area contributed by atoms with Gasteiger partial charge in [0.1, 0.15) is 17.6 Å². The van der Waals surface area contributed by atoms with Crippen LogP contribution in [0.4, 0.5) is 0 Å². The number of hydrogen-bond donors (Lipinski definition) is 1. The van der Waals surface area contributed by atoms with Crippen molar-refractivity contribution in [2.24, 2.45) is 5.92 Å². The van der Waals surface area contributed by atoms with Crippen LogP contribution in [-0.2, 0) is 19.1 Å². The molecule has 0 saturated heterocycles. The molecule has 7 heteroatoms. The molecule has 0 radical (unpaired) electrons. The summed E-state index contributed by atoms with van der Waals surface area (Å²) < 4.78 is 15.7. The normalized spacial score (nSPS) is 13.7. The van der Waals surface area contributed by atoms with Gasteiger partial charge in [0.2, 0.25) is 0 Å². The van der Waals surface area contributed by atoms with Crippen molar-refractivity contribution in [1.29, 1.82) is 0 Å². The van der Waals surface area contributed by atoms with E-state index < -0.39 is 30.1 Å². The van der Waals surface area contributed by atoms with Gasteiger partial charge >= 0.3 is 11.9 Å². The Bertz CT molecular complexity index is 664. The Morgan fingerprint density at radius 2 is 1.71 bits per heavy atom. The number of unbranched alkanes of at least 4 members (excludes halogenated alkanes) is 1. The number of esters is 2. The van der Waals surface area contributed by atoms with Gasteiger partial charge in [-0.2, -0.15) is 0 Å². The second kappa shape index (κ2) is 11.9. The summed E-state index contributed by atoms with van der Waals surface area (Å²) >= 11 is 0. The molecule has 1 aromatic carbocycles. The molecule has 3 atom stereocenters. The molecule has 0 heterocycles. The van der Waals surface area contributed by atoms with Crippen LogP contribution in [0.3, 0.4) is 0 Å². The maximum absolute atomic E-state index is 12.3. The number of carbonyl (C=O) groups is 3. The average Bonchev–Trinajstić information content (AvgIpc) is 2.67. The topological polar surface area (TPSA) is 99.1 Å². The lowest BCUT2D eigenvalue weighted by Crippen LogP contribution is -2.38. The maximum atomic E-state index is 12.3. The number of benzene rings is 1. The van der Waals surface area contributed by atoms with Gasteiger partial charge in [0.15, 0.2) is 0 Å². The first-order valence-corrected chi connectivity index (χ1v) is 9.17. The highest BCUT2D eigenvalue weighted by molar-refractivity contribution is 5.90. The van der Waals surface area contributed by atoms with E-state index in [1.165, 1.54) is 13.8 Å². The average molecular weight is 392 g/mol. The molecular weight excluding hydrogens is 364 g/mol. The van der Waals surface area contributed by atoms with Gasteiger partial charge in [-0.15, -0.1) is 0 Å². The zero-order valence-corrected chi connectivity index (χ0v) is 16.6. The van der Waals surface area contributed by atoms with Gasteiger partial charge in [0.05, 0.1) is 30.8 Å². The van der Waals surface area contributed by atoms with Crippen molar-refractivity contribution in [3.8, 4) is 5.75 Å². The number of carbonyl (C=O) groups excluding carboxylic acids is 3. The number of Topliss-reactive ketones (excluding diaryl/α,β-unsaturated/α-hetero) is 1. The van der Waals surface area contributed by atoms with Gasteiger partial charge < -0.3 is 19.3 Å². The Hall–Kier alpha value is -2.67. The first-order chi connectivity index (χ1) is 13.3. The third-order valence-electron chi connectivity index (χ3n) is 4.16. The SMILES string of the molecule is C=CC(=O)OCCCCOc1ccc(C(=O)OC(C(C)O)C(C)C(C)=O)cc1. The van der Waals surface area contributed by atoms with Gasteiger partial charge in [-0.1, -0.05) is 13.5 Å². The Labute approximate surface area is 165 Å². The van der Waals surface area contributed by atoms with Crippen molar-refractivity contribution in [3.05, 3.63) is 42.5 Å². The molecular formula is C21H28O7. The molecule has 1 rings (SSSR count). The first-order valence-electron chi connectivity index (χ1n) is 9.17. The second-order valence-corrected chi connectivity index (χ2v) is 6.46. The molecule has 3 unspecified atom stereocenters. The van der Waals surface area contributed by atoms with E-state index in [-0.39, 0.29) is 5.78 Å².